The molecule has 0 aromatic heterocycles. The van der Waals surface area contributed by atoms with Crippen LogP contribution in [0.4, 0.5) is 15.5 Å². The number of hydrogen-bond acceptors (Lipinski definition) is 8. The van der Waals surface area contributed by atoms with E-state index in [9.17, 15) is 24.3 Å². The number of esters is 1. The van der Waals surface area contributed by atoms with Crippen LogP contribution in [0.25, 0.3) is 0 Å². The number of hydrogen-bond donors (Lipinski definition) is 1. The number of anilines is 2. The Balaban J connectivity index is 1.19. The molecule has 0 aliphatic carbocycles. The summed E-state index contributed by atoms with van der Waals surface area (Å²) in [6.07, 6.45) is -1.04. The molecule has 3 amide bonds. The van der Waals surface area contributed by atoms with Crippen molar-refractivity contribution in [2.24, 2.45) is 5.92 Å². The number of benzene rings is 3. The first-order valence-electron chi connectivity index (χ1n) is 17.7. The number of carbonyl (C=O) groups is 4. The normalized spacial score (nSPS) is 26.7. The van der Waals surface area contributed by atoms with Gasteiger partial charge in [0.05, 0.1) is 50.9 Å². The quantitative estimate of drug-likeness (QED) is 0.142. The van der Waals surface area contributed by atoms with Gasteiger partial charge in [0, 0.05) is 36.2 Å². The van der Waals surface area contributed by atoms with Crippen molar-refractivity contribution in [3.8, 4) is 5.75 Å². The summed E-state index contributed by atoms with van der Waals surface area (Å²) in [5.41, 5.74) is 2.33. The van der Waals surface area contributed by atoms with Crippen molar-refractivity contribution >= 4 is 43.5 Å². The molecule has 3 aromatic carbocycles. The molecule has 6 atom stereocenters. The summed E-state index contributed by atoms with van der Waals surface area (Å²) in [4.78, 5) is 57.6. The van der Waals surface area contributed by atoms with Crippen LogP contribution < -0.4 is 14.5 Å². The molecule has 4 aliphatic rings. The first-order chi connectivity index (χ1) is 24.8. The van der Waals surface area contributed by atoms with Crippen LogP contribution in [-0.4, -0.2) is 74.2 Å². The Hall–Kier alpha value is -4.59. The van der Waals surface area contributed by atoms with Crippen molar-refractivity contribution in [1.29, 1.82) is 0 Å². The standard InChI is InChI=1S/C39H44FN3O8Si/c1-23-37(52(4,5)40)33(18-34(46)41-21-27-9-7-6-8-26(27)16-29(41)22-44)51-39(23)31-17-30(49-3)14-15-32(31)42(38(39)48)20-25-10-12-28(13-11-25)43-35(47)19-36(43)50-24(2)45/h6-15,17,23,29,33,36-37,44H,16,18-22H2,1-5H3/t23-,29-,33+,36?,37-,39+/m0/s1. The van der Waals surface area contributed by atoms with Gasteiger partial charge >= 0.3 is 5.97 Å². The highest BCUT2D eigenvalue weighted by Crippen LogP contribution is 2.61. The van der Waals surface area contributed by atoms with Crippen LogP contribution in [0.15, 0.2) is 66.7 Å². The van der Waals surface area contributed by atoms with E-state index in [0.717, 1.165) is 16.7 Å². The zero-order valence-electron chi connectivity index (χ0n) is 30.0. The maximum absolute atomic E-state index is 16.5. The second-order valence-electron chi connectivity index (χ2n) is 14.8. The fraction of sp³-hybridized carbons (Fsp3) is 0.436. The van der Waals surface area contributed by atoms with E-state index in [-0.39, 0.29) is 43.7 Å². The molecule has 4 heterocycles. The Bertz CT molecular complexity index is 1920. The van der Waals surface area contributed by atoms with Crippen LogP contribution in [0.5, 0.6) is 5.75 Å². The van der Waals surface area contributed by atoms with Gasteiger partial charge in [0.2, 0.25) is 20.2 Å². The van der Waals surface area contributed by atoms with Crippen molar-refractivity contribution in [2.45, 2.75) is 88.8 Å². The second-order valence-corrected chi connectivity index (χ2v) is 18.6. The van der Waals surface area contributed by atoms with Crippen molar-refractivity contribution < 1.29 is 42.6 Å². The predicted molar refractivity (Wildman–Crippen MR) is 193 cm³/mol. The van der Waals surface area contributed by atoms with Gasteiger partial charge in [-0.25, -0.2) is 0 Å². The molecule has 1 unspecified atom stereocenters. The zero-order valence-corrected chi connectivity index (χ0v) is 31.0. The van der Waals surface area contributed by atoms with Crippen LogP contribution in [0, 0.1) is 5.92 Å². The zero-order chi connectivity index (χ0) is 37.1. The van der Waals surface area contributed by atoms with E-state index in [1.165, 1.54) is 18.9 Å². The summed E-state index contributed by atoms with van der Waals surface area (Å²) in [7, 11) is -2.02. The van der Waals surface area contributed by atoms with Gasteiger partial charge in [0.25, 0.3) is 5.91 Å². The van der Waals surface area contributed by atoms with Crippen LogP contribution in [-0.2, 0) is 53.8 Å². The Labute approximate surface area is 303 Å². The van der Waals surface area contributed by atoms with Gasteiger partial charge in [-0.2, -0.15) is 0 Å². The van der Waals surface area contributed by atoms with Crippen LogP contribution in [0.1, 0.15) is 48.9 Å². The summed E-state index contributed by atoms with van der Waals surface area (Å²) < 4.78 is 34.2. The highest BCUT2D eigenvalue weighted by atomic mass is 28.4. The van der Waals surface area contributed by atoms with Gasteiger partial charge in [-0.3, -0.25) is 24.1 Å². The Morgan fingerprint density at radius 2 is 1.75 bits per heavy atom. The number of amides is 3. The topological polar surface area (TPSA) is 126 Å². The van der Waals surface area contributed by atoms with Crippen LogP contribution >= 0.6 is 0 Å². The van der Waals surface area contributed by atoms with Gasteiger partial charge in [-0.05, 0) is 66.5 Å². The Morgan fingerprint density at radius 1 is 1.04 bits per heavy atom. The lowest BCUT2D eigenvalue weighted by molar-refractivity contribution is -0.154. The monoisotopic (exact) mass is 729 g/mol. The molecule has 13 heteroatoms. The maximum Gasteiger partial charge on any atom is 0.304 e. The number of β-lactam (4-membered cyclic amide) rings is 1. The van der Waals surface area contributed by atoms with E-state index in [4.69, 9.17) is 14.2 Å². The molecule has 11 nitrogen and oxygen atoms in total. The third-order valence-corrected chi connectivity index (χ3v) is 13.7. The average Bonchev–Trinajstić information content (AvgIpc) is 3.53. The third-order valence-electron chi connectivity index (χ3n) is 11.2. The number of halogens is 1. The third kappa shape index (κ3) is 5.98. The van der Waals surface area contributed by atoms with E-state index in [1.54, 1.807) is 53.2 Å². The van der Waals surface area contributed by atoms with Crippen molar-refractivity contribution in [3.63, 3.8) is 0 Å². The molecule has 52 heavy (non-hydrogen) atoms. The molecule has 0 bridgehead atoms. The van der Waals surface area contributed by atoms with Crippen molar-refractivity contribution in [2.75, 3.05) is 23.5 Å². The maximum atomic E-state index is 16.5. The number of carbonyl (C=O) groups excluding carboxylic acids is 4. The molecule has 2 saturated heterocycles. The molecule has 1 spiro atoms. The van der Waals surface area contributed by atoms with E-state index in [2.05, 4.69) is 0 Å². The molecular weight excluding hydrogens is 686 g/mol. The highest BCUT2D eigenvalue weighted by molar-refractivity contribution is 6.72. The number of aliphatic hydroxyl groups is 1. The summed E-state index contributed by atoms with van der Waals surface area (Å²) in [6.45, 7) is 6.63. The lowest BCUT2D eigenvalue weighted by Gasteiger charge is -2.39. The molecule has 0 radical (unpaired) electrons. The van der Waals surface area contributed by atoms with E-state index in [1.807, 2.05) is 43.3 Å². The predicted octanol–water partition coefficient (Wildman–Crippen LogP) is 4.98. The minimum atomic E-state index is -3.56. The highest BCUT2D eigenvalue weighted by Gasteiger charge is 2.67. The van der Waals surface area contributed by atoms with Gasteiger partial charge in [0.1, 0.15) is 5.75 Å². The first kappa shape index (κ1) is 35.8. The minimum absolute atomic E-state index is 0.115. The second kappa shape index (κ2) is 13.4. The van der Waals surface area contributed by atoms with E-state index >= 15 is 4.11 Å². The van der Waals surface area contributed by atoms with Crippen LogP contribution in [0.3, 0.4) is 0 Å². The average molecular weight is 730 g/mol. The van der Waals surface area contributed by atoms with E-state index in [0.29, 0.717) is 35.7 Å². The number of ether oxygens (including phenoxy) is 3. The number of nitrogens with zero attached hydrogens (tertiary/aromatic N) is 3. The molecule has 7 rings (SSSR count). The van der Waals surface area contributed by atoms with Gasteiger partial charge in [-0.1, -0.05) is 43.3 Å². The largest absolute Gasteiger partial charge is 0.497 e. The summed E-state index contributed by atoms with van der Waals surface area (Å²) in [5, 5.41) is 10.3. The molecule has 3 aromatic rings. The number of methoxy groups -OCH3 is 1. The smallest absolute Gasteiger partial charge is 0.304 e. The van der Waals surface area contributed by atoms with Gasteiger partial charge in [0.15, 0.2) is 11.8 Å². The van der Waals surface area contributed by atoms with Gasteiger partial charge in [-0.15, -0.1) is 0 Å². The van der Waals surface area contributed by atoms with Crippen LogP contribution in [0.2, 0.25) is 18.6 Å². The van der Waals surface area contributed by atoms with Crippen molar-refractivity contribution in [1.82, 2.24) is 4.90 Å². The lowest BCUT2D eigenvalue weighted by atomic mass is 9.82. The molecule has 1 N–H and O–H groups in total. The summed E-state index contributed by atoms with van der Waals surface area (Å²) in [5.74, 6) is -1.34. The minimum Gasteiger partial charge on any atom is -0.497 e. The molecular formula is C39H44FN3O8Si. The van der Waals surface area contributed by atoms with E-state index < -0.39 is 49.8 Å². The number of rotatable bonds is 9. The fourth-order valence-electron chi connectivity index (χ4n) is 8.77. The Kier molecular flexibility index (Phi) is 9.24. The van der Waals surface area contributed by atoms with Gasteiger partial charge < -0.3 is 33.2 Å². The molecule has 0 saturated carbocycles. The first-order valence-corrected chi connectivity index (χ1v) is 20.6. The summed E-state index contributed by atoms with van der Waals surface area (Å²) in [6, 6.07) is 19.9. The Morgan fingerprint density at radius 3 is 2.38 bits per heavy atom. The fourth-order valence-corrected chi connectivity index (χ4v) is 11.3. The molecule has 2 fully saturated rings. The number of aliphatic hydroxyl groups excluding tert-OH is 1. The lowest BCUT2D eigenvalue weighted by Crippen LogP contribution is -2.54. The number of fused-ring (bicyclic) bond motifs is 3. The SMILES string of the molecule is COc1ccc2c(c1)[C@@]1(O[C@H](CC(=O)N3Cc4ccccc4C[C@H]3CO)[C@@H]([Si](C)(C)F)[C@@H]1C)C(=O)N2Cc1ccc(N2C(=O)CC2OC(C)=O)cc1. The summed E-state index contributed by atoms with van der Waals surface area (Å²) >= 11 is 0. The van der Waals surface area contributed by atoms with Crippen molar-refractivity contribution in [3.05, 3.63) is 89.0 Å². The molecule has 4 aliphatic heterocycles. The molecule has 274 valence electrons.